The number of morpholine rings is 1. The molecule has 202 valence electrons. The highest BCUT2D eigenvalue weighted by atomic mass is 16.5. The maximum absolute atomic E-state index is 10.6. The molecule has 2 saturated heterocycles. The minimum Gasteiger partial charge on any atom is -0.384 e. The molecule has 4 aromatic rings. The van der Waals surface area contributed by atoms with Gasteiger partial charge in [-0.1, -0.05) is 30.3 Å². The molecule has 2 unspecified atom stereocenters. The monoisotopic (exact) mass is 529 g/mol. The van der Waals surface area contributed by atoms with Crippen LogP contribution in [0.1, 0.15) is 17.2 Å². The van der Waals surface area contributed by atoms with Gasteiger partial charge in [-0.15, -0.1) is 0 Å². The van der Waals surface area contributed by atoms with Crippen molar-refractivity contribution in [2.24, 2.45) is 0 Å². The van der Waals surface area contributed by atoms with E-state index in [1.165, 1.54) is 6.33 Å². The van der Waals surface area contributed by atoms with E-state index in [4.69, 9.17) is 4.74 Å². The third-order valence-electron chi connectivity index (χ3n) is 6.78. The van der Waals surface area contributed by atoms with Crippen LogP contribution in [0.15, 0.2) is 61.4 Å². The van der Waals surface area contributed by atoms with Crippen molar-refractivity contribution in [2.75, 3.05) is 61.0 Å². The summed E-state index contributed by atoms with van der Waals surface area (Å²) in [6.07, 6.45) is 7.93. The van der Waals surface area contributed by atoms with Gasteiger partial charge in [-0.25, -0.2) is 19.9 Å². The molecule has 3 aromatic heterocycles. The maximum atomic E-state index is 10.6. The van der Waals surface area contributed by atoms with Crippen LogP contribution in [0.5, 0.6) is 0 Å². The first-order valence-electron chi connectivity index (χ1n) is 13.1. The Balaban J connectivity index is 1.03. The Morgan fingerprint density at radius 2 is 1.72 bits per heavy atom. The third-order valence-corrected chi connectivity index (χ3v) is 6.78. The van der Waals surface area contributed by atoms with Gasteiger partial charge in [0.05, 0.1) is 31.1 Å². The highest BCUT2D eigenvalue weighted by molar-refractivity contribution is 5.51. The molecule has 0 radical (unpaired) electrons. The maximum Gasteiger partial charge on any atom is 0.232 e. The summed E-state index contributed by atoms with van der Waals surface area (Å²) in [6, 6.07) is 9.50. The number of ether oxygens (including phenoxy) is 1. The van der Waals surface area contributed by atoms with Crippen molar-refractivity contribution in [3.05, 3.63) is 72.6 Å². The Morgan fingerprint density at radius 3 is 2.46 bits per heavy atom. The number of aliphatic hydroxyl groups excluding tert-OH is 1. The number of hydrogen-bond donors (Lipinski definition) is 3. The first kappa shape index (κ1) is 25.1. The minimum atomic E-state index is -0.749. The van der Waals surface area contributed by atoms with E-state index in [1.54, 1.807) is 18.6 Å². The summed E-state index contributed by atoms with van der Waals surface area (Å²) in [5.41, 5.74) is 2.28. The molecule has 0 amide bonds. The molecule has 2 atom stereocenters. The van der Waals surface area contributed by atoms with Crippen LogP contribution in [0.2, 0.25) is 0 Å². The number of nitrogens with zero attached hydrogens (tertiary/aromatic N) is 9. The number of nitrogens with one attached hydrogen (secondary N) is 2. The number of hydrogen-bond acceptors (Lipinski definition) is 12. The van der Waals surface area contributed by atoms with E-state index in [0.29, 0.717) is 43.0 Å². The lowest BCUT2D eigenvalue weighted by Crippen LogP contribution is -2.47. The molecule has 6 rings (SSSR count). The van der Waals surface area contributed by atoms with Crippen LogP contribution in [-0.2, 0) is 11.3 Å². The van der Waals surface area contributed by atoms with E-state index in [1.807, 2.05) is 41.2 Å². The van der Waals surface area contributed by atoms with Gasteiger partial charge < -0.3 is 30.3 Å². The van der Waals surface area contributed by atoms with Gasteiger partial charge >= 0.3 is 0 Å². The van der Waals surface area contributed by atoms with Gasteiger partial charge in [0.25, 0.3) is 0 Å². The zero-order chi connectivity index (χ0) is 26.4. The normalized spacial score (nSPS) is 18.6. The summed E-state index contributed by atoms with van der Waals surface area (Å²) < 4.78 is 7.62. The Labute approximate surface area is 225 Å². The van der Waals surface area contributed by atoms with E-state index < -0.39 is 6.10 Å². The number of benzene rings is 1. The van der Waals surface area contributed by atoms with Crippen molar-refractivity contribution in [1.82, 2.24) is 40.0 Å². The summed E-state index contributed by atoms with van der Waals surface area (Å²) >= 11 is 0. The average Bonchev–Trinajstić information content (AvgIpc) is 3.44. The van der Waals surface area contributed by atoms with Crippen LogP contribution in [0.4, 0.5) is 23.5 Å². The molecule has 2 aliphatic heterocycles. The molecule has 39 heavy (non-hydrogen) atoms. The van der Waals surface area contributed by atoms with Crippen molar-refractivity contribution in [1.29, 1.82) is 0 Å². The predicted molar refractivity (Wildman–Crippen MR) is 145 cm³/mol. The summed E-state index contributed by atoms with van der Waals surface area (Å²) in [6.45, 7) is 5.99. The molecule has 3 N–H and O–H groups in total. The second kappa shape index (κ2) is 11.7. The second-order valence-corrected chi connectivity index (χ2v) is 9.49. The van der Waals surface area contributed by atoms with Gasteiger partial charge in [0.1, 0.15) is 12.4 Å². The lowest BCUT2D eigenvalue weighted by Gasteiger charge is -2.34. The number of anilines is 4. The van der Waals surface area contributed by atoms with Crippen LogP contribution in [0, 0.1) is 0 Å². The fraction of sp³-hybridized carbons (Fsp3) is 0.385. The molecule has 13 heteroatoms. The van der Waals surface area contributed by atoms with E-state index in [0.717, 1.165) is 44.0 Å². The third kappa shape index (κ3) is 6.11. The Morgan fingerprint density at radius 1 is 0.949 bits per heavy atom. The number of rotatable bonds is 8. The largest absolute Gasteiger partial charge is 0.384 e. The van der Waals surface area contributed by atoms with Gasteiger partial charge in [-0.05, 0) is 5.56 Å². The average molecular weight is 530 g/mol. The fourth-order valence-electron chi connectivity index (χ4n) is 4.67. The summed E-state index contributed by atoms with van der Waals surface area (Å²) in [5, 5.41) is 21.6. The molecule has 2 aliphatic rings. The van der Waals surface area contributed by atoms with E-state index in [9.17, 15) is 5.11 Å². The van der Waals surface area contributed by atoms with Gasteiger partial charge in [-0.2, -0.15) is 10.1 Å². The Hall–Kier alpha value is -4.20. The van der Waals surface area contributed by atoms with E-state index in [-0.39, 0.29) is 6.10 Å². The molecule has 13 nitrogen and oxygen atoms in total. The summed E-state index contributed by atoms with van der Waals surface area (Å²) in [7, 11) is 0. The van der Waals surface area contributed by atoms with Gasteiger partial charge in [-0.3, -0.25) is 4.68 Å². The number of piperazine rings is 1. The molecule has 2 fully saturated rings. The van der Waals surface area contributed by atoms with Crippen LogP contribution < -0.4 is 20.4 Å². The van der Waals surface area contributed by atoms with Crippen LogP contribution in [0.25, 0.3) is 0 Å². The molecular formula is C26H31N11O2. The van der Waals surface area contributed by atoms with E-state index in [2.05, 4.69) is 50.5 Å². The van der Waals surface area contributed by atoms with Crippen LogP contribution >= 0.6 is 0 Å². The predicted octanol–water partition coefficient (Wildman–Crippen LogP) is 0.998. The van der Waals surface area contributed by atoms with Crippen molar-refractivity contribution in [3.8, 4) is 0 Å². The Bertz CT molecular complexity index is 1340. The highest BCUT2D eigenvalue weighted by Crippen LogP contribution is 2.22. The summed E-state index contributed by atoms with van der Waals surface area (Å²) in [4.78, 5) is 26.5. The zero-order valence-corrected chi connectivity index (χ0v) is 21.5. The molecule has 5 heterocycles. The zero-order valence-electron chi connectivity index (χ0n) is 21.5. The molecule has 0 bridgehead atoms. The number of aliphatic hydroxyl groups is 1. The molecule has 0 spiro atoms. The molecular weight excluding hydrogens is 498 g/mol. The van der Waals surface area contributed by atoms with Crippen LogP contribution in [-0.4, -0.2) is 91.8 Å². The molecule has 1 aromatic carbocycles. The minimum absolute atomic E-state index is 0.109. The van der Waals surface area contributed by atoms with Crippen LogP contribution in [0.3, 0.4) is 0 Å². The topological polar surface area (TPSA) is 142 Å². The van der Waals surface area contributed by atoms with Gasteiger partial charge in [0, 0.05) is 63.4 Å². The van der Waals surface area contributed by atoms with Crippen molar-refractivity contribution >= 4 is 23.5 Å². The fourth-order valence-corrected chi connectivity index (χ4v) is 4.67. The SMILES string of the molecule is OC(c1ccccc1)c1cnc(N2CCN(c3ncnc(Nc4cnn(CC5CNCCO5)c4)n3)CC2)nc1. The smallest absolute Gasteiger partial charge is 0.232 e. The van der Waals surface area contributed by atoms with Crippen molar-refractivity contribution in [3.63, 3.8) is 0 Å². The lowest BCUT2D eigenvalue weighted by atomic mass is 10.0. The quantitative estimate of drug-likeness (QED) is 0.300. The summed E-state index contributed by atoms with van der Waals surface area (Å²) in [5.74, 6) is 1.72. The highest BCUT2D eigenvalue weighted by Gasteiger charge is 2.22. The van der Waals surface area contributed by atoms with Crippen molar-refractivity contribution < 1.29 is 9.84 Å². The van der Waals surface area contributed by atoms with Gasteiger partial charge in [0.2, 0.25) is 17.8 Å². The standard InChI is InChI=1S/C26H31N11O2/c38-23(19-4-2-1-3-5-19)20-12-28-25(29-13-20)35-7-9-36(10-8-35)26-31-18-30-24(34-26)33-21-14-32-37(16-21)17-22-15-27-6-11-39-22/h1-5,12-14,16,18,22-23,27,38H,6-11,15,17H2,(H,30,31,33,34). The first-order chi connectivity index (χ1) is 19.2. The van der Waals surface area contributed by atoms with Gasteiger partial charge in [0.15, 0.2) is 0 Å². The lowest BCUT2D eigenvalue weighted by molar-refractivity contribution is 0.0161. The molecule has 0 aliphatic carbocycles. The number of aromatic nitrogens is 7. The molecule has 0 saturated carbocycles. The first-order valence-corrected chi connectivity index (χ1v) is 13.1. The second-order valence-electron chi connectivity index (χ2n) is 9.49. The van der Waals surface area contributed by atoms with Crippen molar-refractivity contribution in [2.45, 2.75) is 18.8 Å². The van der Waals surface area contributed by atoms with E-state index >= 15 is 0 Å². The Kier molecular flexibility index (Phi) is 7.52.